The molecule has 1 aliphatic heterocycles. The number of amides is 3. The number of thiazole rings is 1. The Hall–Kier alpha value is -1.63. The van der Waals surface area contributed by atoms with Crippen molar-refractivity contribution >= 4 is 23.3 Å². The molecule has 19 heavy (non-hydrogen) atoms. The molecule has 0 N–H and O–H groups in total. The molecule has 1 aliphatic rings. The minimum absolute atomic E-state index is 0.0588. The number of urea groups is 1. The maximum absolute atomic E-state index is 12.1. The van der Waals surface area contributed by atoms with Gasteiger partial charge in [0.2, 0.25) is 5.91 Å². The second-order valence-electron chi connectivity index (χ2n) is 4.76. The Kier molecular flexibility index (Phi) is 4.04. The molecule has 7 heteroatoms. The zero-order chi connectivity index (χ0) is 14.0. The largest absolute Gasteiger partial charge is 0.337 e. The third-order valence-corrected chi connectivity index (χ3v) is 4.04. The van der Waals surface area contributed by atoms with Gasteiger partial charge in [0.1, 0.15) is 11.6 Å². The molecule has 0 aliphatic carbocycles. The standard InChI is InChI=1S/C12H18N4O2S/c1-9-8-19-10(13-9)6-15(3)11(17)7-16-5-4-14(2)12(16)18/h8H,4-7H2,1-3H3. The van der Waals surface area contributed by atoms with Gasteiger partial charge in [0.25, 0.3) is 0 Å². The molecule has 0 radical (unpaired) electrons. The van der Waals surface area contributed by atoms with E-state index in [0.29, 0.717) is 19.6 Å². The molecule has 1 aromatic rings. The third-order valence-electron chi connectivity index (χ3n) is 3.09. The van der Waals surface area contributed by atoms with Gasteiger partial charge < -0.3 is 14.7 Å². The normalized spacial score (nSPS) is 15.2. The number of likely N-dealkylation sites (N-methyl/N-ethyl adjacent to an activating group) is 2. The predicted molar refractivity (Wildman–Crippen MR) is 72.9 cm³/mol. The smallest absolute Gasteiger partial charge is 0.320 e. The molecule has 0 aromatic carbocycles. The highest BCUT2D eigenvalue weighted by atomic mass is 32.1. The van der Waals surface area contributed by atoms with Crippen LogP contribution >= 0.6 is 11.3 Å². The summed E-state index contributed by atoms with van der Waals surface area (Å²) < 4.78 is 0. The number of nitrogens with zero attached hydrogens (tertiary/aromatic N) is 4. The quantitative estimate of drug-likeness (QED) is 0.820. The number of hydrogen-bond acceptors (Lipinski definition) is 4. The summed E-state index contributed by atoms with van der Waals surface area (Å²) in [6, 6.07) is -0.0770. The predicted octanol–water partition coefficient (Wildman–Crippen LogP) is 0.777. The van der Waals surface area contributed by atoms with E-state index in [1.807, 2.05) is 12.3 Å². The van der Waals surface area contributed by atoms with Gasteiger partial charge in [0, 0.05) is 38.3 Å². The van der Waals surface area contributed by atoms with Gasteiger partial charge in [-0.15, -0.1) is 11.3 Å². The summed E-state index contributed by atoms with van der Waals surface area (Å²) in [7, 11) is 3.48. The van der Waals surface area contributed by atoms with Crippen molar-refractivity contribution in [2.75, 3.05) is 33.7 Å². The van der Waals surface area contributed by atoms with Crippen LogP contribution < -0.4 is 0 Å². The first-order chi connectivity index (χ1) is 8.97. The molecule has 2 heterocycles. The van der Waals surface area contributed by atoms with Crippen molar-refractivity contribution in [2.24, 2.45) is 0 Å². The Bertz CT molecular complexity index is 488. The molecule has 1 saturated heterocycles. The minimum Gasteiger partial charge on any atom is -0.337 e. The maximum atomic E-state index is 12.1. The van der Waals surface area contributed by atoms with Crippen LogP contribution in [0.5, 0.6) is 0 Å². The highest BCUT2D eigenvalue weighted by Gasteiger charge is 2.27. The second-order valence-corrected chi connectivity index (χ2v) is 5.70. The molecule has 3 amide bonds. The van der Waals surface area contributed by atoms with Crippen molar-refractivity contribution in [2.45, 2.75) is 13.5 Å². The summed E-state index contributed by atoms with van der Waals surface area (Å²) in [5, 5.41) is 2.88. The Morgan fingerprint density at radius 3 is 2.79 bits per heavy atom. The summed E-state index contributed by atoms with van der Waals surface area (Å²) in [6.45, 7) is 3.87. The van der Waals surface area contributed by atoms with E-state index >= 15 is 0 Å². The SMILES string of the molecule is Cc1csc(CN(C)C(=O)CN2CCN(C)C2=O)n1. The molecular formula is C12H18N4O2S. The third kappa shape index (κ3) is 3.23. The number of aryl methyl sites for hydroxylation is 1. The van der Waals surface area contributed by atoms with Crippen LogP contribution in [-0.4, -0.2) is 65.4 Å². The molecule has 2 rings (SSSR count). The van der Waals surface area contributed by atoms with Crippen LogP contribution in [0.2, 0.25) is 0 Å². The van der Waals surface area contributed by atoms with E-state index in [1.54, 1.807) is 40.1 Å². The lowest BCUT2D eigenvalue weighted by molar-refractivity contribution is -0.130. The topological polar surface area (TPSA) is 56.8 Å². The zero-order valence-corrected chi connectivity index (χ0v) is 12.2. The average molecular weight is 282 g/mol. The average Bonchev–Trinajstić information content (AvgIpc) is 2.90. The van der Waals surface area contributed by atoms with E-state index in [-0.39, 0.29) is 18.5 Å². The van der Waals surface area contributed by atoms with E-state index in [9.17, 15) is 9.59 Å². The number of rotatable bonds is 4. The van der Waals surface area contributed by atoms with Gasteiger partial charge in [-0.2, -0.15) is 0 Å². The first-order valence-electron chi connectivity index (χ1n) is 6.12. The Morgan fingerprint density at radius 2 is 2.26 bits per heavy atom. The van der Waals surface area contributed by atoms with Crippen molar-refractivity contribution in [1.29, 1.82) is 0 Å². The summed E-state index contributed by atoms with van der Waals surface area (Å²) >= 11 is 1.55. The summed E-state index contributed by atoms with van der Waals surface area (Å²) in [4.78, 5) is 32.9. The van der Waals surface area contributed by atoms with Gasteiger partial charge in [0.15, 0.2) is 0 Å². The fraction of sp³-hybridized carbons (Fsp3) is 0.583. The van der Waals surface area contributed by atoms with Gasteiger partial charge in [-0.3, -0.25) is 4.79 Å². The monoisotopic (exact) mass is 282 g/mol. The lowest BCUT2D eigenvalue weighted by Crippen LogP contribution is -2.39. The highest BCUT2D eigenvalue weighted by molar-refractivity contribution is 7.09. The molecule has 0 bridgehead atoms. The van der Waals surface area contributed by atoms with Gasteiger partial charge in [0.05, 0.1) is 6.54 Å². The molecule has 0 spiro atoms. The van der Waals surface area contributed by atoms with Crippen molar-refractivity contribution in [1.82, 2.24) is 19.7 Å². The molecule has 104 valence electrons. The first-order valence-corrected chi connectivity index (χ1v) is 7.00. The number of carbonyl (C=O) groups excluding carboxylic acids is 2. The van der Waals surface area contributed by atoms with E-state index in [1.165, 1.54) is 0 Å². The Labute approximate surface area is 116 Å². The van der Waals surface area contributed by atoms with E-state index in [2.05, 4.69) is 4.98 Å². The molecule has 0 atom stereocenters. The van der Waals surface area contributed by atoms with Crippen LogP contribution in [0.15, 0.2) is 5.38 Å². The molecule has 0 saturated carbocycles. The Morgan fingerprint density at radius 1 is 1.53 bits per heavy atom. The van der Waals surface area contributed by atoms with E-state index < -0.39 is 0 Å². The van der Waals surface area contributed by atoms with Gasteiger partial charge in [-0.1, -0.05) is 0 Å². The molecule has 6 nitrogen and oxygen atoms in total. The minimum atomic E-state index is -0.0770. The lowest BCUT2D eigenvalue weighted by Gasteiger charge is -2.20. The fourth-order valence-corrected chi connectivity index (χ4v) is 2.72. The van der Waals surface area contributed by atoms with Crippen molar-refractivity contribution in [3.05, 3.63) is 16.1 Å². The fourth-order valence-electron chi connectivity index (χ4n) is 1.90. The summed E-state index contributed by atoms with van der Waals surface area (Å²) in [5.74, 6) is -0.0588. The first kappa shape index (κ1) is 13.8. The number of hydrogen-bond donors (Lipinski definition) is 0. The molecule has 1 fully saturated rings. The summed E-state index contributed by atoms with van der Waals surface area (Å²) in [6.07, 6.45) is 0. The molecule has 0 unspecified atom stereocenters. The van der Waals surface area contributed by atoms with Crippen LogP contribution in [0.1, 0.15) is 10.7 Å². The van der Waals surface area contributed by atoms with Crippen molar-refractivity contribution in [3.8, 4) is 0 Å². The second kappa shape index (κ2) is 5.56. The van der Waals surface area contributed by atoms with Crippen molar-refractivity contribution in [3.63, 3.8) is 0 Å². The van der Waals surface area contributed by atoms with E-state index in [0.717, 1.165) is 10.7 Å². The van der Waals surface area contributed by atoms with Crippen molar-refractivity contribution < 1.29 is 9.59 Å². The van der Waals surface area contributed by atoms with Gasteiger partial charge in [-0.05, 0) is 6.92 Å². The van der Waals surface area contributed by atoms with Crippen LogP contribution in [0.4, 0.5) is 4.79 Å². The number of aromatic nitrogens is 1. The zero-order valence-electron chi connectivity index (χ0n) is 11.4. The van der Waals surface area contributed by atoms with Crippen LogP contribution in [0, 0.1) is 6.92 Å². The highest BCUT2D eigenvalue weighted by Crippen LogP contribution is 2.12. The van der Waals surface area contributed by atoms with Gasteiger partial charge >= 0.3 is 6.03 Å². The molecule has 1 aromatic heterocycles. The number of carbonyl (C=O) groups is 2. The van der Waals surface area contributed by atoms with Gasteiger partial charge in [-0.25, -0.2) is 9.78 Å². The summed E-state index contributed by atoms with van der Waals surface area (Å²) in [5.41, 5.74) is 0.970. The van der Waals surface area contributed by atoms with E-state index in [4.69, 9.17) is 0 Å². The molecular weight excluding hydrogens is 264 g/mol. The lowest BCUT2D eigenvalue weighted by atomic mass is 10.4. The maximum Gasteiger partial charge on any atom is 0.320 e. The Balaban J connectivity index is 1.87. The van der Waals surface area contributed by atoms with Crippen LogP contribution in [-0.2, 0) is 11.3 Å². The van der Waals surface area contributed by atoms with Crippen LogP contribution in [0.25, 0.3) is 0 Å². The van der Waals surface area contributed by atoms with Crippen LogP contribution in [0.3, 0.4) is 0 Å².